The summed E-state index contributed by atoms with van der Waals surface area (Å²) in [6.45, 7) is 1.65. The van der Waals surface area contributed by atoms with E-state index < -0.39 is 37.3 Å². The number of fused-ring (bicyclic) bond motifs is 1. The lowest BCUT2D eigenvalue weighted by Crippen LogP contribution is -2.56. The van der Waals surface area contributed by atoms with Crippen molar-refractivity contribution in [1.82, 2.24) is 4.57 Å². The van der Waals surface area contributed by atoms with Crippen LogP contribution in [0.1, 0.15) is 28.5 Å². The Morgan fingerprint density at radius 3 is 2.52 bits per heavy atom. The topological polar surface area (TPSA) is 95.1 Å². The van der Waals surface area contributed by atoms with Crippen LogP contribution in [0.25, 0.3) is 10.9 Å². The smallest absolute Gasteiger partial charge is 0.163 e. The summed E-state index contributed by atoms with van der Waals surface area (Å²) in [5.41, 5.74) is 1.73. The van der Waals surface area contributed by atoms with Gasteiger partial charge in [-0.1, -0.05) is 24.6 Å². The van der Waals surface area contributed by atoms with Gasteiger partial charge in [0, 0.05) is 27.8 Å². The lowest BCUT2D eigenvalue weighted by Gasteiger charge is -2.40. The zero-order valence-corrected chi connectivity index (χ0v) is 17.5. The zero-order chi connectivity index (χ0) is 20.7. The Morgan fingerprint density at radius 1 is 1.07 bits per heavy atom. The summed E-state index contributed by atoms with van der Waals surface area (Å²) in [6.07, 6.45) is -2.59. The van der Waals surface area contributed by atoms with Crippen molar-refractivity contribution in [2.45, 2.75) is 50.4 Å². The van der Waals surface area contributed by atoms with E-state index >= 15 is 0 Å². The lowest BCUT2D eigenvalue weighted by atomic mass is 9.98. The quantitative estimate of drug-likeness (QED) is 0.492. The number of nitrogens with zero attached hydrogens (tertiary/aromatic N) is 1. The number of aryl methyl sites for hydroxylation is 1. The zero-order valence-electron chi connectivity index (χ0n) is 15.9. The molecule has 156 valence electrons. The van der Waals surface area contributed by atoms with Gasteiger partial charge in [0.15, 0.2) is 6.23 Å². The number of benzene rings is 1. The Morgan fingerprint density at radius 2 is 1.83 bits per heavy atom. The highest BCUT2D eigenvalue weighted by atomic mass is 35.5. The maximum atomic E-state index is 10.6. The van der Waals surface area contributed by atoms with E-state index in [1.54, 1.807) is 15.9 Å². The van der Waals surface area contributed by atoms with Crippen LogP contribution in [0.5, 0.6) is 0 Å². The van der Waals surface area contributed by atoms with Gasteiger partial charge < -0.3 is 29.7 Å². The van der Waals surface area contributed by atoms with Crippen molar-refractivity contribution < 1.29 is 25.2 Å². The number of hydrogen-bond donors (Lipinski definition) is 4. The minimum atomic E-state index is -1.43. The molecule has 8 heteroatoms. The van der Waals surface area contributed by atoms with Gasteiger partial charge in [-0.25, -0.2) is 0 Å². The van der Waals surface area contributed by atoms with Gasteiger partial charge >= 0.3 is 0 Å². The number of ether oxygens (including phenoxy) is 1. The SMILES string of the molecule is CCc1ccc(Cc2cn([C@@H]3O[C@H](CO)[C@@H](O)[C@H](O)[C@H]3O)c3cccc(Cl)c23)s1. The highest BCUT2D eigenvalue weighted by Gasteiger charge is 2.44. The standard InChI is InChI=1S/C21H24ClNO5S/c1-2-12-6-7-13(29-12)8-11-9-23(15-5-3-4-14(22)17(11)15)21-20(27)19(26)18(25)16(10-24)28-21/h3-7,9,16,18-21,24-27H,2,8,10H2,1H3/t16-,18-,19+,20-,21-/m1/s1. The monoisotopic (exact) mass is 437 g/mol. The fourth-order valence-corrected chi connectivity index (χ4v) is 5.17. The van der Waals surface area contributed by atoms with Gasteiger partial charge in [-0.2, -0.15) is 0 Å². The van der Waals surface area contributed by atoms with Crippen LogP contribution in [-0.4, -0.2) is 56.0 Å². The van der Waals surface area contributed by atoms with E-state index in [9.17, 15) is 20.4 Å². The minimum absolute atomic E-state index is 0.469. The number of hydrogen-bond acceptors (Lipinski definition) is 6. The second kappa shape index (κ2) is 8.35. The molecule has 3 heterocycles. The van der Waals surface area contributed by atoms with Crippen molar-refractivity contribution in [3.63, 3.8) is 0 Å². The molecule has 4 rings (SSSR count). The number of aromatic nitrogens is 1. The van der Waals surface area contributed by atoms with Crippen LogP contribution in [0.4, 0.5) is 0 Å². The second-order valence-electron chi connectivity index (χ2n) is 7.31. The Balaban J connectivity index is 1.78. The summed E-state index contributed by atoms with van der Waals surface area (Å²) in [6, 6.07) is 9.74. The van der Waals surface area contributed by atoms with Gasteiger partial charge in [-0.05, 0) is 36.2 Å². The highest BCUT2D eigenvalue weighted by Crippen LogP contribution is 2.37. The molecule has 0 saturated carbocycles. The molecule has 0 radical (unpaired) electrons. The van der Waals surface area contributed by atoms with E-state index in [-0.39, 0.29) is 0 Å². The van der Waals surface area contributed by atoms with E-state index in [0.717, 1.165) is 22.9 Å². The summed E-state index contributed by atoms with van der Waals surface area (Å²) in [5, 5.41) is 41.8. The molecule has 0 amide bonds. The minimum Gasteiger partial charge on any atom is -0.394 e. The summed E-state index contributed by atoms with van der Waals surface area (Å²) in [4.78, 5) is 2.51. The van der Waals surface area contributed by atoms with Crippen LogP contribution < -0.4 is 0 Å². The van der Waals surface area contributed by atoms with E-state index in [1.807, 2.05) is 24.4 Å². The average molecular weight is 438 g/mol. The molecule has 1 saturated heterocycles. The molecule has 6 nitrogen and oxygen atoms in total. The number of thiophene rings is 1. The maximum absolute atomic E-state index is 10.6. The van der Waals surface area contributed by atoms with Gasteiger partial charge in [-0.3, -0.25) is 0 Å². The molecule has 1 aromatic carbocycles. The van der Waals surface area contributed by atoms with Crippen LogP contribution >= 0.6 is 22.9 Å². The van der Waals surface area contributed by atoms with E-state index in [1.165, 1.54) is 9.75 Å². The third-order valence-electron chi connectivity index (χ3n) is 5.46. The van der Waals surface area contributed by atoms with E-state index in [4.69, 9.17) is 16.3 Å². The second-order valence-corrected chi connectivity index (χ2v) is 8.97. The molecule has 0 bridgehead atoms. The molecule has 4 N–H and O–H groups in total. The number of halogens is 1. The van der Waals surface area contributed by atoms with Crippen LogP contribution in [-0.2, 0) is 17.6 Å². The molecule has 1 aliphatic heterocycles. The van der Waals surface area contributed by atoms with Crippen molar-refractivity contribution in [2.75, 3.05) is 6.61 Å². The number of aliphatic hydroxyl groups excluding tert-OH is 4. The molecule has 0 unspecified atom stereocenters. The number of rotatable bonds is 5. The molecule has 1 aliphatic rings. The summed E-state index contributed by atoms with van der Waals surface area (Å²) in [7, 11) is 0. The molecule has 0 spiro atoms. The predicted molar refractivity (Wildman–Crippen MR) is 112 cm³/mol. The van der Waals surface area contributed by atoms with Crippen LogP contribution in [0.15, 0.2) is 36.5 Å². The van der Waals surface area contributed by atoms with Gasteiger partial charge in [-0.15, -0.1) is 11.3 Å². The first-order valence-electron chi connectivity index (χ1n) is 9.60. The fraction of sp³-hybridized carbons (Fsp3) is 0.429. The highest BCUT2D eigenvalue weighted by molar-refractivity contribution is 7.12. The van der Waals surface area contributed by atoms with Crippen molar-refractivity contribution in [3.8, 4) is 0 Å². The lowest BCUT2D eigenvalue weighted by molar-refractivity contribution is -0.250. The Kier molecular flexibility index (Phi) is 5.99. The molecular formula is C21H24ClNO5S. The van der Waals surface area contributed by atoms with Crippen LogP contribution in [0.3, 0.4) is 0 Å². The summed E-state index contributed by atoms with van der Waals surface area (Å²) >= 11 is 8.27. The predicted octanol–water partition coefficient (Wildman–Crippen LogP) is 2.48. The Bertz CT molecular complexity index is 1000. The van der Waals surface area contributed by atoms with E-state index in [2.05, 4.69) is 19.1 Å². The first-order chi connectivity index (χ1) is 13.9. The molecule has 0 aliphatic carbocycles. The molecule has 29 heavy (non-hydrogen) atoms. The molecular weight excluding hydrogens is 414 g/mol. The largest absolute Gasteiger partial charge is 0.394 e. The van der Waals surface area contributed by atoms with Gasteiger partial charge in [0.2, 0.25) is 0 Å². The van der Waals surface area contributed by atoms with Gasteiger partial charge in [0.05, 0.1) is 17.1 Å². The first-order valence-corrected chi connectivity index (χ1v) is 10.8. The van der Waals surface area contributed by atoms with Crippen LogP contribution in [0, 0.1) is 0 Å². The van der Waals surface area contributed by atoms with Crippen LogP contribution in [0.2, 0.25) is 5.02 Å². The summed E-state index contributed by atoms with van der Waals surface area (Å²) < 4.78 is 7.49. The van der Waals surface area contributed by atoms with Gasteiger partial charge in [0.25, 0.3) is 0 Å². The molecule has 2 aromatic heterocycles. The van der Waals surface area contributed by atoms with Crippen molar-refractivity contribution >= 4 is 33.8 Å². The fourth-order valence-electron chi connectivity index (χ4n) is 3.90. The number of aliphatic hydroxyl groups is 4. The molecule has 5 atom stereocenters. The summed E-state index contributed by atoms with van der Waals surface area (Å²) in [5.74, 6) is 0. The molecule has 3 aromatic rings. The van der Waals surface area contributed by atoms with Crippen molar-refractivity contribution in [1.29, 1.82) is 0 Å². The third-order valence-corrected chi connectivity index (χ3v) is 7.00. The maximum Gasteiger partial charge on any atom is 0.163 e. The Hall–Kier alpha value is -1.45. The Labute approximate surface area is 177 Å². The third kappa shape index (κ3) is 3.72. The average Bonchev–Trinajstić information content (AvgIpc) is 3.32. The van der Waals surface area contributed by atoms with E-state index in [0.29, 0.717) is 11.4 Å². The first kappa shape index (κ1) is 20.8. The molecule has 1 fully saturated rings. The normalized spacial score (nSPS) is 27.6. The van der Waals surface area contributed by atoms with Gasteiger partial charge in [0.1, 0.15) is 24.4 Å². The van der Waals surface area contributed by atoms with Crippen molar-refractivity contribution in [2.24, 2.45) is 0 Å². The van der Waals surface area contributed by atoms with Crippen molar-refractivity contribution in [3.05, 3.63) is 56.9 Å².